The van der Waals surface area contributed by atoms with Crippen molar-refractivity contribution in [3.63, 3.8) is 0 Å². The number of hydrogen-bond donors (Lipinski definition) is 2. The first-order valence-corrected chi connectivity index (χ1v) is 9.91. The van der Waals surface area contributed by atoms with E-state index in [1.807, 2.05) is 24.3 Å². The minimum atomic E-state index is -0.554. The van der Waals surface area contributed by atoms with Gasteiger partial charge in [0.05, 0.1) is 24.4 Å². The largest absolute Gasteiger partial charge is 0.489 e. The number of benzene rings is 2. The van der Waals surface area contributed by atoms with E-state index < -0.39 is 6.67 Å². The van der Waals surface area contributed by atoms with Gasteiger partial charge in [-0.3, -0.25) is 4.79 Å². The molecule has 156 valence electrons. The summed E-state index contributed by atoms with van der Waals surface area (Å²) >= 11 is 3.44. The lowest BCUT2D eigenvalue weighted by Gasteiger charge is -2.15. The number of carbonyl (C=O) groups is 1. The summed E-state index contributed by atoms with van der Waals surface area (Å²) in [6, 6.07) is 11.1. The predicted octanol–water partition coefficient (Wildman–Crippen LogP) is 4.63. The van der Waals surface area contributed by atoms with E-state index in [-0.39, 0.29) is 25.7 Å². The smallest absolute Gasteiger partial charge is 0.247 e. The van der Waals surface area contributed by atoms with Crippen molar-refractivity contribution in [2.75, 3.05) is 37.1 Å². The predicted molar refractivity (Wildman–Crippen MR) is 118 cm³/mol. The number of nitrogens with zero attached hydrogens (tertiary/aromatic N) is 2. The molecule has 2 N–H and O–H groups in total. The lowest BCUT2D eigenvalue weighted by Crippen LogP contribution is -2.12. The van der Waals surface area contributed by atoms with E-state index >= 15 is 0 Å². The molecule has 0 fully saturated rings. The third kappa shape index (κ3) is 5.74. The van der Waals surface area contributed by atoms with Crippen molar-refractivity contribution in [2.24, 2.45) is 0 Å². The lowest BCUT2D eigenvalue weighted by molar-refractivity contribution is -0.111. The maximum atomic E-state index is 12.1. The second kappa shape index (κ2) is 10.7. The summed E-state index contributed by atoms with van der Waals surface area (Å²) in [5, 5.41) is 6.68. The molecule has 0 bridgehead atoms. The number of alkyl halides is 1. The summed E-state index contributed by atoms with van der Waals surface area (Å²) in [5.74, 6) is 0.602. The number of aromatic nitrogens is 2. The molecule has 0 spiro atoms. The van der Waals surface area contributed by atoms with Crippen LogP contribution in [0.3, 0.4) is 0 Å². The quantitative estimate of drug-likeness (QED) is 0.329. The van der Waals surface area contributed by atoms with Gasteiger partial charge in [0.1, 0.15) is 31.2 Å². The van der Waals surface area contributed by atoms with Crippen LogP contribution in [0.15, 0.2) is 59.9 Å². The Bertz CT molecular complexity index is 1050. The van der Waals surface area contributed by atoms with Crippen molar-refractivity contribution in [1.29, 1.82) is 0 Å². The molecule has 0 unspecified atom stereocenters. The molecular formula is C21H20BrFN4O3. The molecule has 0 aliphatic rings. The number of fused-ring (bicyclic) bond motifs is 1. The van der Waals surface area contributed by atoms with Crippen molar-refractivity contribution in [1.82, 2.24) is 9.97 Å². The summed E-state index contributed by atoms with van der Waals surface area (Å²) in [6.45, 7) is 3.34. The molecule has 0 saturated heterocycles. The zero-order valence-electron chi connectivity index (χ0n) is 16.0. The molecule has 9 heteroatoms. The van der Waals surface area contributed by atoms with Gasteiger partial charge in [-0.05, 0) is 30.3 Å². The topological polar surface area (TPSA) is 85.4 Å². The third-order valence-corrected chi connectivity index (χ3v) is 4.47. The van der Waals surface area contributed by atoms with E-state index in [1.165, 1.54) is 12.4 Å². The summed E-state index contributed by atoms with van der Waals surface area (Å²) < 4.78 is 23.9. The minimum absolute atomic E-state index is 0.0129. The maximum Gasteiger partial charge on any atom is 0.247 e. The molecule has 1 heterocycles. The molecule has 0 atom stereocenters. The Balaban J connectivity index is 1.93. The van der Waals surface area contributed by atoms with Crippen molar-refractivity contribution in [3.05, 3.63) is 59.9 Å². The highest BCUT2D eigenvalue weighted by Gasteiger charge is 2.13. The van der Waals surface area contributed by atoms with Gasteiger partial charge in [0.25, 0.3) is 0 Å². The zero-order chi connectivity index (χ0) is 21.3. The normalized spacial score (nSPS) is 10.6. The second-order valence-corrected chi connectivity index (χ2v) is 6.98. The molecule has 3 rings (SSSR count). The highest BCUT2D eigenvalue weighted by Crippen LogP contribution is 2.33. The minimum Gasteiger partial charge on any atom is -0.489 e. The van der Waals surface area contributed by atoms with Gasteiger partial charge in [0.15, 0.2) is 0 Å². The van der Waals surface area contributed by atoms with Gasteiger partial charge >= 0.3 is 0 Å². The second-order valence-electron chi connectivity index (χ2n) is 6.07. The molecule has 7 nitrogen and oxygen atoms in total. The van der Waals surface area contributed by atoms with E-state index in [2.05, 4.69) is 43.1 Å². The highest BCUT2D eigenvalue weighted by molar-refractivity contribution is 9.10. The summed E-state index contributed by atoms with van der Waals surface area (Å²) in [7, 11) is 0. The van der Waals surface area contributed by atoms with Crippen LogP contribution in [-0.4, -0.2) is 42.4 Å². The van der Waals surface area contributed by atoms with E-state index in [9.17, 15) is 9.18 Å². The Kier molecular flexibility index (Phi) is 7.69. The number of ether oxygens (including phenoxy) is 2. The van der Waals surface area contributed by atoms with Crippen molar-refractivity contribution < 1.29 is 18.7 Å². The fraction of sp³-hybridized carbons (Fsp3) is 0.190. The molecule has 0 saturated carbocycles. The fourth-order valence-electron chi connectivity index (χ4n) is 2.65. The lowest BCUT2D eigenvalue weighted by atomic mass is 10.1. The van der Waals surface area contributed by atoms with Crippen LogP contribution in [0.1, 0.15) is 0 Å². The highest BCUT2D eigenvalue weighted by atomic mass is 79.9. The van der Waals surface area contributed by atoms with Crippen LogP contribution in [0.4, 0.5) is 21.6 Å². The summed E-state index contributed by atoms with van der Waals surface area (Å²) in [6.07, 6.45) is 2.61. The Morgan fingerprint density at radius 1 is 1.20 bits per heavy atom. The van der Waals surface area contributed by atoms with Gasteiger partial charge in [0.2, 0.25) is 5.91 Å². The van der Waals surface area contributed by atoms with Crippen LogP contribution in [0.25, 0.3) is 10.9 Å². The standard InChI is InChI=1S/C21H20BrFN4O3/c1-2-20(28)27-18-11-16-17(12-19(18)30-9-8-29-7-6-23)24-13-25-21(16)26-15-5-3-4-14(22)10-15/h2-5,10-13H,1,6-9H2,(H,27,28)(H,24,25,26). The van der Waals surface area contributed by atoms with Crippen molar-refractivity contribution >= 4 is 49.9 Å². The van der Waals surface area contributed by atoms with Gasteiger partial charge in [-0.1, -0.05) is 28.6 Å². The van der Waals surface area contributed by atoms with Gasteiger partial charge in [-0.25, -0.2) is 14.4 Å². The number of carbonyl (C=O) groups excluding carboxylic acids is 1. The number of anilines is 3. The third-order valence-electron chi connectivity index (χ3n) is 3.97. The Labute approximate surface area is 181 Å². The fourth-order valence-corrected chi connectivity index (χ4v) is 3.05. The van der Waals surface area contributed by atoms with Gasteiger partial charge in [-0.15, -0.1) is 0 Å². The van der Waals surface area contributed by atoms with Gasteiger partial charge in [-0.2, -0.15) is 0 Å². The number of amides is 1. The molecule has 1 amide bonds. The first-order chi connectivity index (χ1) is 14.6. The van der Waals surface area contributed by atoms with E-state index in [0.717, 1.165) is 10.2 Å². The molecule has 30 heavy (non-hydrogen) atoms. The Morgan fingerprint density at radius 2 is 2.07 bits per heavy atom. The van der Waals surface area contributed by atoms with Crippen LogP contribution in [0.2, 0.25) is 0 Å². The van der Waals surface area contributed by atoms with E-state index in [4.69, 9.17) is 9.47 Å². The van der Waals surface area contributed by atoms with Gasteiger partial charge in [0, 0.05) is 21.6 Å². The van der Waals surface area contributed by atoms with Crippen LogP contribution in [0, 0.1) is 0 Å². The molecule has 3 aromatic rings. The SMILES string of the molecule is C=CC(=O)Nc1cc2c(Nc3cccc(Br)c3)ncnc2cc1OCCOCCF. The van der Waals surface area contributed by atoms with E-state index in [0.29, 0.717) is 28.2 Å². The first kappa shape index (κ1) is 21.7. The monoisotopic (exact) mass is 474 g/mol. The first-order valence-electron chi connectivity index (χ1n) is 9.12. The van der Waals surface area contributed by atoms with Crippen LogP contribution in [-0.2, 0) is 9.53 Å². The molecule has 0 aliphatic heterocycles. The molecule has 1 aromatic heterocycles. The van der Waals surface area contributed by atoms with E-state index in [1.54, 1.807) is 12.1 Å². The maximum absolute atomic E-state index is 12.1. The molecule has 0 radical (unpaired) electrons. The number of nitrogens with one attached hydrogen (secondary N) is 2. The number of hydrogen-bond acceptors (Lipinski definition) is 6. The zero-order valence-corrected chi connectivity index (χ0v) is 17.6. The average molecular weight is 475 g/mol. The molecular weight excluding hydrogens is 455 g/mol. The van der Waals surface area contributed by atoms with Crippen LogP contribution < -0.4 is 15.4 Å². The molecule has 2 aromatic carbocycles. The number of rotatable bonds is 10. The van der Waals surface area contributed by atoms with Gasteiger partial charge < -0.3 is 20.1 Å². The van der Waals surface area contributed by atoms with Crippen molar-refractivity contribution in [3.8, 4) is 5.75 Å². The number of halogens is 2. The Morgan fingerprint density at radius 3 is 2.83 bits per heavy atom. The average Bonchev–Trinajstić information content (AvgIpc) is 2.74. The van der Waals surface area contributed by atoms with Crippen LogP contribution >= 0.6 is 15.9 Å². The van der Waals surface area contributed by atoms with Crippen molar-refractivity contribution in [2.45, 2.75) is 0 Å². The summed E-state index contributed by atoms with van der Waals surface area (Å²) in [4.78, 5) is 20.5. The summed E-state index contributed by atoms with van der Waals surface area (Å²) in [5.41, 5.74) is 1.90. The Hall–Kier alpha value is -3.04. The molecule has 0 aliphatic carbocycles. The van der Waals surface area contributed by atoms with Crippen LogP contribution in [0.5, 0.6) is 5.75 Å².